The summed E-state index contributed by atoms with van der Waals surface area (Å²) in [6.45, 7) is 10.7. The Morgan fingerprint density at radius 1 is 1.18 bits per heavy atom. The molecule has 6 heteroatoms. The lowest BCUT2D eigenvalue weighted by atomic mass is 10.1. The van der Waals surface area contributed by atoms with Crippen LogP contribution < -0.4 is 15.4 Å². The van der Waals surface area contributed by atoms with Crippen molar-refractivity contribution in [3.63, 3.8) is 0 Å². The van der Waals surface area contributed by atoms with Crippen LogP contribution in [0.5, 0.6) is 5.75 Å². The third kappa shape index (κ3) is 7.10. The molecule has 2 N–H and O–H groups in total. The molecule has 2 aliphatic rings. The highest BCUT2D eigenvalue weighted by Crippen LogP contribution is 2.31. The molecule has 0 radical (unpaired) electrons. The fourth-order valence-corrected chi connectivity index (χ4v) is 3.64. The molecule has 5 nitrogen and oxygen atoms in total. The van der Waals surface area contributed by atoms with Gasteiger partial charge in [0.15, 0.2) is 5.96 Å². The van der Waals surface area contributed by atoms with Crippen molar-refractivity contribution >= 4 is 29.9 Å². The van der Waals surface area contributed by atoms with Crippen LogP contribution in [0.1, 0.15) is 51.6 Å². The third-order valence-corrected chi connectivity index (χ3v) is 5.48. The van der Waals surface area contributed by atoms with E-state index in [1.54, 1.807) is 0 Å². The average molecular weight is 500 g/mol. The van der Waals surface area contributed by atoms with E-state index in [1.165, 1.54) is 37.9 Å². The summed E-state index contributed by atoms with van der Waals surface area (Å²) in [5.74, 6) is 3.09. The highest BCUT2D eigenvalue weighted by atomic mass is 127. The first kappa shape index (κ1) is 23.3. The zero-order chi connectivity index (χ0) is 19.2. The molecule has 0 amide bonds. The zero-order valence-corrected chi connectivity index (χ0v) is 20.1. The van der Waals surface area contributed by atoms with Crippen LogP contribution in [0.25, 0.3) is 0 Å². The van der Waals surface area contributed by atoms with Crippen LogP contribution in [0.15, 0.2) is 29.3 Å². The van der Waals surface area contributed by atoms with Gasteiger partial charge in [0.25, 0.3) is 0 Å². The van der Waals surface area contributed by atoms with Gasteiger partial charge < -0.3 is 20.3 Å². The standard InChI is InChI=1S/C22H36N4O.HI/c1-16(2)15-27-21-9-5-19(6-10-21)17(3)25-22(23-4)24-13-18-11-12-26(14-18)20-7-8-20;/h5-6,9-10,16-18,20H,7-8,11-15H2,1-4H3,(H2,23,24,25);1H. The molecule has 0 aromatic heterocycles. The zero-order valence-electron chi connectivity index (χ0n) is 17.8. The van der Waals surface area contributed by atoms with Gasteiger partial charge in [-0.1, -0.05) is 26.0 Å². The van der Waals surface area contributed by atoms with E-state index in [2.05, 4.69) is 65.6 Å². The highest BCUT2D eigenvalue weighted by molar-refractivity contribution is 14.0. The molecule has 1 saturated carbocycles. The van der Waals surface area contributed by atoms with E-state index < -0.39 is 0 Å². The van der Waals surface area contributed by atoms with Crippen molar-refractivity contribution in [3.8, 4) is 5.75 Å². The van der Waals surface area contributed by atoms with Crippen LogP contribution in [0.2, 0.25) is 0 Å². The van der Waals surface area contributed by atoms with E-state index in [0.717, 1.165) is 36.8 Å². The number of hydrogen-bond acceptors (Lipinski definition) is 3. The lowest BCUT2D eigenvalue weighted by Gasteiger charge is -2.20. The Balaban J connectivity index is 0.00000280. The number of halogens is 1. The van der Waals surface area contributed by atoms with Gasteiger partial charge in [0.2, 0.25) is 0 Å². The summed E-state index contributed by atoms with van der Waals surface area (Å²) in [6.07, 6.45) is 4.11. The van der Waals surface area contributed by atoms with Gasteiger partial charge in [0.1, 0.15) is 5.75 Å². The summed E-state index contributed by atoms with van der Waals surface area (Å²) in [6, 6.07) is 9.45. The Hall–Kier alpha value is -1.02. The van der Waals surface area contributed by atoms with Crippen molar-refractivity contribution in [3.05, 3.63) is 29.8 Å². The Labute approximate surface area is 187 Å². The number of nitrogens with zero attached hydrogens (tertiary/aromatic N) is 2. The van der Waals surface area contributed by atoms with Crippen molar-refractivity contribution in [1.29, 1.82) is 0 Å². The molecule has 158 valence electrons. The van der Waals surface area contributed by atoms with Crippen LogP contribution in [-0.4, -0.2) is 50.2 Å². The minimum atomic E-state index is 0. The predicted octanol–water partition coefficient (Wildman–Crippen LogP) is 4.05. The van der Waals surface area contributed by atoms with Gasteiger partial charge in [0.05, 0.1) is 12.6 Å². The SMILES string of the molecule is CN=C(NCC1CCN(C2CC2)C1)NC(C)c1ccc(OCC(C)C)cc1.I. The van der Waals surface area contributed by atoms with E-state index in [0.29, 0.717) is 5.92 Å². The third-order valence-electron chi connectivity index (χ3n) is 5.48. The molecule has 3 rings (SSSR count). The Kier molecular flexibility index (Phi) is 9.34. The normalized spacial score (nSPS) is 21.3. The summed E-state index contributed by atoms with van der Waals surface area (Å²) in [5, 5.41) is 7.03. The number of rotatable bonds is 8. The number of guanidine groups is 1. The van der Waals surface area contributed by atoms with Gasteiger partial charge in [-0.25, -0.2) is 0 Å². The van der Waals surface area contributed by atoms with Crippen molar-refractivity contribution in [2.24, 2.45) is 16.8 Å². The number of benzene rings is 1. The summed E-state index contributed by atoms with van der Waals surface area (Å²) in [5.41, 5.74) is 1.23. The maximum absolute atomic E-state index is 5.77. The van der Waals surface area contributed by atoms with Crippen molar-refractivity contribution < 1.29 is 4.74 Å². The topological polar surface area (TPSA) is 48.9 Å². The molecule has 2 atom stereocenters. The summed E-state index contributed by atoms with van der Waals surface area (Å²) in [4.78, 5) is 7.06. The number of aliphatic imine (C=N–C) groups is 1. The number of hydrogen-bond donors (Lipinski definition) is 2. The lowest BCUT2D eigenvalue weighted by molar-refractivity contribution is 0.271. The minimum Gasteiger partial charge on any atom is -0.493 e. The Morgan fingerprint density at radius 2 is 1.89 bits per heavy atom. The Morgan fingerprint density at radius 3 is 2.50 bits per heavy atom. The molecule has 1 saturated heterocycles. The second-order valence-electron chi connectivity index (χ2n) is 8.47. The number of nitrogens with one attached hydrogen (secondary N) is 2. The molecule has 0 bridgehead atoms. The van der Waals surface area contributed by atoms with Gasteiger partial charge in [-0.2, -0.15) is 0 Å². The predicted molar refractivity (Wildman–Crippen MR) is 128 cm³/mol. The van der Waals surface area contributed by atoms with Crippen molar-refractivity contribution in [2.45, 2.75) is 52.1 Å². The van der Waals surface area contributed by atoms with E-state index in [4.69, 9.17) is 4.74 Å². The monoisotopic (exact) mass is 500 g/mol. The molecular weight excluding hydrogens is 463 g/mol. The highest BCUT2D eigenvalue weighted by Gasteiger charge is 2.34. The number of likely N-dealkylation sites (tertiary alicyclic amines) is 1. The van der Waals surface area contributed by atoms with Crippen LogP contribution in [0.3, 0.4) is 0 Å². The molecule has 1 heterocycles. The second kappa shape index (κ2) is 11.2. The fourth-order valence-electron chi connectivity index (χ4n) is 3.64. The maximum atomic E-state index is 5.77. The quantitative estimate of drug-likeness (QED) is 0.321. The van der Waals surface area contributed by atoms with E-state index in [9.17, 15) is 0 Å². The van der Waals surface area contributed by atoms with Crippen molar-refractivity contribution in [1.82, 2.24) is 15.5 Å². The molecule has 1 aliphatic carbocycles. The molecule has 1 aromatic rings. The van der Waals surface area contributed by atoms with Crippen LogP contribution in [0, 0.1) is 11.8 Å². The molecule has 2 unspecified atom stereocenters. The first-order valence-corrected chi connectivity index (χ1v) is 10.5. The summed E-state index contributed by atoms with van der Waals surface area (Å²) < 4.78 is 5.77. The van der Waals surface area contributed by atoms with Crippen molar-refractivity contribution in [2.75, 3.05) is 33.3 Å². The van der Waals surface area contributed by atoms with Gasteiger partial charge in [0, 0.05) is 26.2 Å². The molecule has 28 heavy (non-hydrogen) atoms. The first-order chi connectivity index (χ1) is 13.0. The van der Waals surface area contributed by atoms with Gasteiger partial charge in [-0.3, -0.25) is 4.99 Å². The average Bonchev–Trinajstić information content (AvgIpc) is 3.42. The number of ether oxygens (including phenoxy) is 1. The van der Waals surface area contributed by atoms with Crippen LogP contribution in [-0.2, 0) is 0 Å². The largest absolute Gasteiger partial charge is 0.493 e. The van der Waals surface area contributed by atoms with E-state index >= 15 is 0 Å². The fraction of sp³-hybridized carbons (Fsp3) is 0.682. The van der Waals surface area contributed by atoms with E-state index in [1.807, 2.05) is 7.05 Å². The second-order valence-corrected chi connectivity index (χ2v) is 8.47. The molecule has 1 aromatic carbocycles. The van der Waals surface area contributed by atoms with Crippen LogP contribution >= 0.6 is 24.0 Å². The smallest absolute Gasteiger partial charge is 0.191 e. The maximum Gasteiger partial charge on any atom is 0.191 e. The summed E-state index contributed by atoms with van der Waals surface area (Å²) >= 11 is 0. The lowest BCUT2D eigenvalue weighted by Crippen LogP contribution is -2.41. The first-order valence-electron chi connectivity index (χ1n) is 10.5. The molecule has 1 aliphatic heterocycles. The molecular formula is C22H37IN4O. The summed E-state index contributed by atoms with van der Waals surface area (Å²) in [7, 11) is 1.84. The Bertz CT molecular complexity index is 615. The van der Waals surface area contributed by atoms with Gasteiger partial charge >= 0.3 is 0 Å². The van der Waals surface area contributed by atoms with Crippen LogP contribution in [0.4, 0.5) is 0 Å². The van der Waals surface area contributed by atoms with E-state index in [-0.39, 0.29) is 30.0 Å². The minimum absolute atomic E-state index is 0. The molecule has 0 spiro atoms. The van der Waals surface area contributed by atoms with Gasteiger partial charge in [-0.05, 0) is 62.3 Å². The van der Waals surface area contributed by atoms with Gasteiger partial charge in [-0.15, -0.1) is 24.0 Å². The molecule has 2 fully saturated rings.